The average molecular weight is 571 g/mol. The molecule has 0 spiro atoms. The Morgan fingerprint density at radius 1 is 1.17 bits per heavy atom. The molecule has 0 saturated carbocycles. The molecule has 1 heterocycles. The largest absolute Gasteiger partial charge is 0.490 e. The van der Waals surface area contributed by atoms with Gasteiger partial charge in [-0.25, -0.2) is 10.4 Å². The first-order valence-corrected chi connectivity index (χ1v) is 13.6. The van der Waals surface area contributed by atoms with Gasteiger partial charge in [0.2, 0.25) is 0 Å². The molecule has 9 heteroatoms. The number of hydrogen-bond acceptors (Lipinski definition) is 7. The van der Waals surface area contributed by atoms with Gasteiger partial charge in [-0.05, 0) is 70.7 Å². The predicted molar refractivity (Wildman–Crippen MR) is 147 cm³/mol. The molecule has 0 aliphatic carbocycles. The monoisotopic (exact) mass is 569 g/mol. The molecule has 0 unspecified atom stereocenters. The molecule has 180 valence electrons. The van der Waals surface area contributed by atoms with Gasteiger partial charge in [-0.2, -0.15) is 5.10 Å². The topological polar surface area (TPSA) is 72.8 Å². The van der Waals surface area contributed by atoms with E-state index in [1.54, 1.807) is 17.6 Å². The number of carbonyl (C=O) groups excluding carboxylic acids is 1. The summed E-state index contributed by atoms with van der Waals surface area (Å²) in [5, 5.41) is 4.10. The Morgan fingerprint density at radius 2 is 1.97 bits per heavy atom. The summed E-state index contributed by atoms with van der Waals surface area (Å²) in [5.41, 5.74) is 6.56. The van der Waals surface area contributed by atoms with E-state index in [0.717, 1.165) is 30.2 Å². The third-order valence-corrected chi connectivity index (χ3v) is 7.74. The minimum absolute atomic E-state index is 0.201. The second kappa shape index (κ2) is 12.2. The molecule has 4 aromatic rings. The van der Waals surface area contributed by atoms with Crippen molar-refractivity contribution in [1.29, 1.82) is 0 Å². The van der Waals surface area contributed by atoms with Crippen LogP contribution >= 0.6 is 39.0 Å². The van der Waals surface area contributed by atoms with Crippen LogP contribution in [0.25, 0.3) is 10.2 Å². The lowest BCUT2D eigenvalue weighted by Crippen LogP contribution is -2.19. The number of para-hydroxylation sites is 1. The summed E-state index contributed by atoms with van der Waals surface area (Å²) in [6, 6.07) is 19.7. The first kappa shape index (κ1) is 25.2. The van der Waals surface area contributed by atoms with Crippen molar-refractivity contribution in [2.24, 2.45) is 5.10 Å². The van der Waals surface area contributed by atoms with E-state index in [1.807, 2.05) is 61.5 Å². The van der Waals surface area contributed by atoms with Gasteiger partial charge in [0.05, 0.1) is 33.3 Å². The van der Waals surface area contributed by atoms with Crippen molar-refractivity contribution in [3.63, 3.8) is 0 Å². The lowest BCUT2D eigenvalue weighted by molar-refractivity contribution is -0.118. The number of rotatable bonds is 10. The van der Waals surface area contributed by atoms with E-state index in [1.165, 1.54) is 17.3 Å². The fourth-order valence-electron chi connectivity index (χ4n) is 3.24. The quantitative estimate of drug-likeness (QED) is 0.132. The van der Waals surface area contributed by atoms with Crippen molar-refractivity contribution in [2.75, 3.05) is 12.4 Å². The van der Waals surface area contributed by atoms with Gasteiger partial charge in [-0.15, -0.1) is 11.3 Å². The number of nitrogens with one attached hydrogen (secondary N) is 1. The highest BCUT2D eigenvalue weighted by molar-refractivity contribution is 9.10. The van der Waals surface area contributed by atoms with Crippen molar-refractivity contribution in [3.05, 3.63) is 81.8 Å². The van der Waals surface area contributed by atoms with E-state index in [4.69, 9.17) is 9.47 Å². The molecule has 0 aliphatic rings. The van der Waals surface area contributed by atoms with E-state index >= 15 is 0 Å². The van der Waals surface area contributed by atoms with Gasteiger partial charge < -0.3 is 9.47 Å². The number of nitrogens with zero attached hydrogens (tertiary/aromatic N) is 2. The molecule has 3 aromatic carbocycles. The summed E-state index contributed by atoms with van der Waals surface area (Å²) in [6.45, 7) is 4.90. The summed E-state index contributed by atoms with van der Waals surface area (Å²) < 4.78 is 14.6. The summed E-state index contributed by atoms with van der Waals surface area (Å²) in [7, 11) is 0. The zero-order chi connectivity index (χ0) is 24.6. The van der Waals surface area contributed by atoms with Crippen molar-refractivity contribution in [3.8, 4) is 11.5 Å². The number of aryl methyl sites for hydroxylation is 1. The Labute approximate surface area is 220 Å². The Hall–Kier alpha value is -2.88. The van der Waals surface area contributed by atoms with Crippen molar-refractivity contribution >= 4 is 61.4 Å². The number of carbonyl (C=O) groups is 1. The van der Waals surface area contributed by atoms with E-state index in [0.29, 0.717) is 24.7 Å². The number of aromatic nitrogens is 1. The van der Waals surface area contributed by atoms with E-state index in [-0.39, 0.29) is 11.7 Å². The number of benzene rings is 3. The molecule has 0 fully saturated rings. The molecule has 35 heavy (non-hydrogen) atoms. The van der Waals surface area contributed by atoms with Crippen LogP contribution in [-0.4, -0.2) is 29.5 Å². The Morgan fingerprint density at radius 3 is 2.77 bits per heavy atom. The number of hydrazone groups is 1. The van der Waals surface area contributed by atoms with Crippen LogP contribution in [0.2, 0.25) is 0 Å². The zero-order valence-electron chi connectivity index (χ0n) is 19.3. The van der Waals surface area contributed by atoms with Gasteiger partial charge in [-0.1, -0.05) is 48.2 Å². The molecule has 1 N–H and O–H groups in total. The summed E-state index contributed by atoms with van der Waals surface area (Å²) in [5.74, 6) is 1.27. The molecule has 0 bridgehead atoms. The van der Waals surface area contributed by atoms with Crippen LogP contribution < -0.4 is 14.9 Å². The average Bonchev–Trinajstić information content (AvgIpc) is 3.27. The van der Waals surface area contributed by atoms with Crippen molar-refractivity contribution < 1.29 is 14.3 Å². The highest BCUT2D eigenvalue weighted by atomic mass is 79.9. The molecule has 0 saturated heterocycles. The van der Waals surface area contributed by atoms with Crippen molar-refractivity contribution in [2.45, 2.75) is 24.8 Å². The first-order chi connectivity index (χ1) is 17.0. The maximum Gasteiger partial charge on any atom is 0.250 e. The van der Waals surface area contributed by atoms with Crippen LogP contribution in [0.15, 0.2) is 74.6 Å². The summed E-state index contributed by atoms with van der Waals surface area (Å²) in [4.78, 5) is 16.8. The van der Waals surface area contributed by atoms with Gasteiger partial charge in [0.15, 0.2) is 15.8 Å². The predicted octanol–water partition coefficient (Wildman–Crippen LogP) is 6.59. The van der Waals surface area contributed by atoms with Crippen LogP contribution in [0.5, 0.6) is 11.5 Å². The zero-order valence-corrected chi connectivity index (χ0v) is 22.5. The molecule has 1 amide bonds. The molecular weight excluding hydrogens is 546 g/mol. The third-order valence-electron chi connectivity index (χ3n) is 4.97. The minimum Gasteiger partial charge on any atom is -0.490 e. The van der Waals surface area contributed by atoms with Crippen LogP contribution in [0.4, 0.5) is 0 Å². The molecular formula is C26H24BrN3O3S2. The van der Waals surface area contributed by atoms with Crippen LogP contribution in [0, 0.1) is 6.92 Å². The highest BCUT2D eigenvalue weighted by Gasteiger charge is 2.13. The minimum atomic E-state index is -0.201. The number of amides is 1. The normalized spacial score (nSPS) is 11.2. The van der Waals surface area contributed by atoms with Crippen molar-refractivity contribution in [1.82, 2.24) is 10.4 Å². The smallest absolute Gasteiger partial charge is 0.250 e. The molecule has 1 aromatic heterocycles. The van der Waals surface area contributed by atoms with Crippen LogP contribution in [-0.2, 0) is 11.4 Å². The van der Waals surface area contributed by atoms with E-state index < -0.39 is 0 Å². The van der Waals surface area contributed by atoms with Crippen LogP contribution in [0.3, 0.4) is 0 Å². The third kappa shape index (κ3) is 6.84. The van der Waals surface area contributed by atoms with Gasteiger partial charge in [-0.3, -0.25) is 4.79 Å². The lowest BCUT2D eigenvalue weighted by Gasteiger charge is -2.15. The molecule has 0 aliphatic heterocycles. The number of hydrogen-bond donors (Lipinski definition) is 1. The van der Waals surface area contributed by atoms with E-state index in [9.17, 15) is 4.79 Å². The van der Waals surface area contributed by atoms with E-state index in [2.05, 4.69) is 44.4 Å². The van der Waals surface area contributed by atoms with Gasteiger partial charge in [0.25, 0.3) is 5.91 Å². The second-order valence-electron chi connectivity index (χ2n) is 7.51. The number of thiazole rings is 1. The number of fused-ring (bicyclic) bond motifs is 1. The lowest BCUT2D eigenvalue weighted by atomic mass is 10.1. The second-order valence-corrected chi connectivity index (χ2v) is 10.6. The molecule has 0 atom stereocenters. The summed E-state index contributed by atoms with van der Waals surface area (Å²) in [6.07, 6.45) is 1.58. The summed E-state index contributed by atoms with van der Waals surface area (Å²) >= 11 is 6.55. The van der Waals surface area contributed by atoms with Gasteiger partial charge in [0.1, 0.15) is 6.61 Å². The highest BCUT2D eigenvalue weighted by Crippen LogP contribution is 2.37. The fraction of sp³-hybridized carbons (Fsp3) is 0.192. The standard InChI is InChI=1S/C26H24BrN3O3S2/c1-3-32-22-13-18(12-20(27)25(22)33-15-19-9-5-4-8-17(19)2)14-28-30-24(31)16-34-26-29-21-10-6-7-11-23(21)35-26/h4-14H,3,15-16H2,1-2H3,(H,30,31)/b28-14-. The molecule has 4 rings (SSSR count). The first-order valence-electron chi connectivity index (χ1n) is 11.0. The fourth-order valence-corrected chi connectivity index (χ4v) is 5.67. The molecule has 0 radical (unpaired) electrons. The van der Waals surface area contributed by atoms with Gasteiger partial charge >= 0.3 is 0 Å². The SMILES string of the molecule is CCOc1cc(/C=N\NC(=O)CSc2nc3ccccc3s2)cc(Br)c1OCc1ccccc1C. The maximum atomic E-state index is 12.2. The maximum absolute atomic E-state index is 12.2. The van der Waals surface area contributed by atoms with Gasteiger partial charge in [0, 0.05) is 0 Å². The Kier molecular flexibility index (Phi) is 8.79. The number of thioether (sulfide) groups is 1. The number of halogens is 1. The Balaban J connectivity index is 1.36. The Bertz CT molecular complexity index is 1320. The van der Waals surface area contributed by atoms with Crippen LogP contribution in [0.1, 0.15) is 23.6 Å². The number of ether oxygens (including phenoxy) is 2. The molecule has 6 nitrogen and oxygen atoms in total.